The number of aromatic carboxylic acids is 1. The lowest BCUT2D eigenvalue weighted by Gasteiger charge is -2.20. The summed E-state index contributed by atoms with van der Waals surface area (Å²) in [5.41, 5.74) is 4.33. The van der Waals surface area contributed by atoms with Crippen molar-refractivity contribution in [1.29, 1.82) is 0 Å². The lowest BCUT2D eigenvalue weighted by molar-refractivity contribution is 0.0696. The summed E-state index contributed by atoms with van der Waals surface area (Å²) in [6, 6.07) is 29.7. The molecule has 4 aromatic rings. The zero-order valence-electron chi connectivity index (χ0n) is 18.8. The van der Waals surface area contributed by atoms with Crippen molar-refractivity contribution in [3.05, 3.63) is 119 Å². The first kappa shape index (κ1) is 23.1. The van der Waals surface area contributed by atoms with E-state index in [2.05, 4.69) is 9.89 Å². The highest BCUT2D eigenvalue weighted by atomic mass is 35.5. The van der Waals surface area contributed by atoms with Gasteiger partial charge in [-0.05, 0) is 66.7 Å². The molecule has 4 aromatic carbocycles. The Labute approximate surface area is 203 Å². The fourth-order valence-corrected chi connectivity index (χ4v) is 3.75. The van der Waals surface area contributed by atoms with Gasteiger partial charge in [-0.2, -0.15) is 0 Å². The molecule has 1 N–H and O–H groups in total. The van der Waals surface area contributed by atoms with Gasteiger partial charge in [-0.3, -0.25) is 4.99 Å². The first-order valence-corrected chi connectivity index (χ1v) is 11.0. The summed E-state index contributed by atoms with van der Waals surface area (Å²) in [6.07, 6.45) is 0. The van der Waals surface area contributed by atoms with Crippen LogP contribution in [0.15, 0.2) is 102 Å². The van der Waals surface area contributed by atoms with Gasteiger partial charge in [0.2, 0.25) is 0 Å². The molecule has 0 unspecified atom stereocenters. The molecule has 0 atom stereocenters. The van der Waals surface area contributed by atoms with Crippen LogP contribution >= 0.6 is 11.6 Å². The van der Waals surface area contributed by atoms with Gasteiger partial charge in [0.05, 0.1) is 11.3 Å². The minimum Gasteiger partial charge on any atom is -0.478 e. The molecule has 0 fully saturated rings. The zero-order valence-corrected chi connectivity index (χ0v) is 19.5. The van der Waals surface area contributed by atoms with Crippen molar-refractivity contribution in [2.45, 2.75) is 0 Å². The molecule has 0 heterocycles. The highest BCUT2D eigenvalue weighted by Gasteiger charge is 2.14. The van der Waals surface area contributed by atoms with Crippen molar-refractivity contribution in [1.82, 2.24) is 0 Å². The fraction of sp³-hybridized carbons (Fsp3) is 0.0714. The number of rotatable bonds is 7. The van der Waals surface area contributed by atoms with E-state index in [-0.39, 0.29) is 5.56 Å². The maximum absolute atomic E-state index is 11.8. The van der Waals surface area contributed by atoms with Crippen LogP contribution in [0.25, 0.3) is 0 Å². The molecule has 5 nitrogen and oxygen atoms in total. The number of carboxylic acid groups (broad SMARTS) is 1. The summed E-state index contributed by atoms with van der Waals surface area (Å²) >= 11 is 6.00. The maximum Gasteiger partial charge on any atom is 0.335 e. The SMILES string of the molecule is C/N=C(/c1ccc(N(C)c2ccc(Cl)cc2)cc1)c1cc(Oc2ccccc2)cc(C(=O)O)c1. The molecule has 0 spiro atoms. The lowest BCUT2D eigenvalue weighted by atomic mass is 9.99. The topological polar surface area (TPSA) is 62.1 Å². The largest absolute Gasteiger partial charge is 0.478 e. The van der Waals surface area contributed by atoms with Crippen LogP contribution in [0.3, 0.4) is 0 Å². The average molecular weight is 471 g/mol. The Bertz CT molecular complexity index is 1320. The van der Waals surface area contributed by atoms with E-state index in [1.807, 2.05) is 85.9 Å². The number of carboxylic acids is 1. The Morgan fingerprint density at radius 1 is 0.794 bits per heavy atom. The molecule has 0 bridgehead atoms. The Morgan fingerprint density at radius 3 is 1.97 bits per heavy atom. The quantitative estimate of drug-likeness (QED) is 0.293. The van der Waals surface area contributed by atoms with Gasteiger partial charge in [0.1, 0.15) is 11.5 Å². The predicted molar refractivity (Wildman–Crippen MR) is 137 cm³/mol. The molecular weight excluding hydrogens is 448 g/mol. The predicted octanol–water partition coefficient (Wildman–Crippen LogP) is 7.07. The first-order chi connectivity index (χ1) is 16.4. The van der Waals surface area contributed by atoms with Gasteiger partial charge in [-0.25, -0.2) is 4.79 Å². The molecule has 6 heteroatoms. The van der Waals surface area contributed by atoms with E-state index in [1.165, 1.54) is 6.07 Å². The molecule has 0 aliphatic carbocycles. The molecule has 0 radical (unpaired) electrons. The molecule has 0 aliphatic heterocycles. The Balaban J connectivity index is 1.65. The van der Waals surface area contributed by atoms with Crippen LogP contribution in [-0.2, 0) is 0 Å². The molecule has 0 aromatic heterocycles. The molecule has 0 saturated carbocycles. The van der Waals surface area contributed by atoms with E-state index < -0.39 is 5.97 Å². The second-order valence-electron chi connectivity index (χ2n) is 7.62. The van der Waals surface area contributed by atoms with Crippen molar-refractivity contribution >= 4 is 34.7 Å². The monoisotopic (exact) mass is 470 g/mol. The molecule has 4 rings (SSSR count). The van der Waals surface area contributed by atoms with Crippen LogP contribution in [0.4, 0.5) is 11.4 Å². The van der Waals surface area contributed by atoms with Crippen molar-refractivity contribution < 1.29 is 14.6 Å². The van der Waals surface area contributed by atoms with Crippen molar-refractivity contribution in [3.8, 4) is 11.5 Å². The number of nitrogens with zero attached hydrogens (tertiary/aromatic N) is 2. The molecule has 0 amide bonds. The number of carbonyl (C=O) groups is 1. The normalized spacial score (nSPS) is 11.2. The number of aliphatic imine (C=N–C) groups is 1. The Morgan fingerprint density at radius 2 is 1.38 bits per heavy atom. The highest BCUT2D eigenvalue weighted by Crippen LogP contribution is 2.28. The molecule has 170 valence electrons. The van der Waals surface area contributed by atoms with Crippen molar-refractivity contribution in [3.63, 3.8) is 0 Å². The number of halogens is 1. The second-order valence-corrected chi connectivity index (χ2v) is 8.06. The van der Waals surface area contributed by atoms with Gasteiger partial charge in [-0.1, -0.05) is 41.9 Å². The van der Waals surface area contributed by atoms with Crippen LogP contribution in [0.5, 0.6) is 11.5 Å². The van der Waals surface area contributed by atoms with Crippen LogP contribution in [0.1, 0.15) is 21.5 Å². The van der Waals surface area contributed by atoms with Crippen LogP contribution in [-0.4, -0.2) is 30.9 Å². The zero-order chi connectivity index (χ0) is 24.1. The summed E-state index contributed by atoms with van der Waals surface area (Å²) in [4.78, 5) is 18.3. The third kappa shape index (κ3) is 5.27. The molecule has 0 aliphatic rings. The van der Waals surface area contributed by atoms with E-state index >= 15 is 0 Å². The Kier molecular flexibility index (Phi) is 6.95. The fourth-order valence-electron chi connectivity index (χ4n) is 3.62. The maximum atomic E-state index is 11.8. The number of ether oxygens (including phenoxy) is 1. The minimum absolute atomic E-state index is 0.128. The summed E-state index contributed by atoms with van der Waals surface area (Å²) < 4.78 is 5.91. The summed E-state index contributed by atoms with van der Waals surface area (Å²) in [6.45, 7) is 0. The van der Waals surface area contributed by atoms with Gasteiger partial charge >= 0.3 is 5.97 Å². The number of benzene rings is 4. The third-order valence-electron chi connectivity index (χ3n) is 5.37. The first-order valence-electron chi connectivity index (χ1n) is 10.6. The minimum atomic E-state index is -1.03. The second kappa shape index (κ2) is 10.2. The van der Waals surface area contributed by atoms with Crippen LogP contribution < -0.4 is 9.64 Å². The number of hydrogen-bond donors (Lipinski definition) is 1. The van der Waals surface area contributed by atoms with E-state index in [9.17, 15) is 9.90 Å². The van der Waals surface area contributed by atoms with E-state index in [4.69, 9.17) is 16.3 Å². The van der Waals surface area contributed by atoms with Crippen LogP contribution in [0.2, 0.25) is 5.02 Å². The summed E-state index contributed by atoms with van der Waals surface area (Å²) in [7, 11) is 3.67. The smallest absolute Gasteiger partial charge is 0.335 e. The van der Waals surface area contributed by atoms with Gasteiger partial charge in [0, 0.05) is 41.6 Å². The standard InChI is InChI=1S/C28H23ClN2O3/c1-30-27(19-8-12-23(13-9-19)31(2)24-14-10-22(29)11-15-24)20-16-21(28(32)33)18-26(17-20)34-25-6-4-3-5-7-25/h3-18H,1-2H3,(H,32,33)/b30-27-. The van der Waals surface area contributed by atoms with E-state index in [0.717, 1.165) is 16.9 Å². The lowest BCUT2D eigenvalue weighted by Crippen LogP contribution is -2.10. The Hall–Kier alpha value is -4.09. The molecule has 34 heavy (non-hydrogen) atoms. The highest BCUT2D eigenvalue weighted by molar-refractivity contribution is 6.30. The summed E-state index contributed by atoms with van der Waals surface area (Å²) in [5, 5.41) is 10.3. The third-order valence-corrected chi connectivity index (χ3v) is 5.62. The van der Waals surface area contributed by atoms with Crippen molar-refractivity contribution in [2.24, 2.45) is 4.99 Å². The van der Waals surface area contributed by atoms with Gasteiger partial charge in [0.25, 0.3) is 0 Å². The number of hydrogen-bond acceptors (Lipinski definition) is 4. The van der Waals surface area contributed by atoms with Gasteiger partial charge < -0.3 is 14.7 Å². The summed E-state index contributed by atoms with van der Waals surface area (Å²) in [5.74, 6) is 0.0251. The molecular formula is C28H23ClN2O3. The number of para-hydroxylation sites is 1. The van der Waals surface area contributed by atoms with Crippen LogP contribution in [0, 0.1) is 0 Å². The molecule has 0 saturated heterocycles. The van der Waals surface area contributed by atoms with E-state index in [0.29, 0.717) is 27.8 Å². The van der Waals surface area contributed by atoms with Gasteiger partial charge in [0.15, 0.2) is 0 Å². The average Bonchev–Trinajstić information content (AvgIpc) is 2.85. The van der Waals surface area contributed by atoms with Gasteiger partial charge in [-0.15, -0.1) is 0 Å². The van der Waals surface area contributed by atoms with E-state index in [1.54, 1.807) is 19.2 Å². The van der Waals surface area contributed by atoms with Crippen molar-refractivity contribution in [2.75, 3.05) is 19.0 Å². The number of anilines is 2.